The molecule has 2 aromatic heterocycles. The van der Waals surface area contributed by atoms with E-state index in [1.165, 1.54) is 143 Å². The molecule has 4 nitrogen and oxygen atoms in total. The molecule has 6 heteroatoms. The number of fused-ring (bicyclic) bond motifs is 16. The van der Waals surface area contributed by atoms with E-state index < -0.39 is 0 Å². The van der Waals surface area contributed by atoms with Crippen LogP contribution in [0.2, 0.25) is 0 Å². The second kappa shape index (κ2) is 12.6. The summed E-state index contributed by atoms with van der Waals surface area (Å²) >= 11 is 0. The van der Waals surface area contributed by atoms with Gasteiger partial charge in [-0.05, 0) is 179 Å². The van der Waals surface area contributed by atoms with E-state index in [1.807, 2.05) is 0 Å². The number of hydrogen-bond donors (Lipinski definition) is 0. The van der Waals surface area contributed by atoms with Crippen LogP contribution in [0.4, 0.5) is 0 Å². The van der Waals surface area contributed by atoms with Crippen molar-refractivity contribution in [2.75, 3.05) is 0 Å². The summed E-state index contributed by atoms with van der Waals surface area (Å²) in [6.07, 6.45) is 0. The van der Waals surface area contributed by atoms with Gasteiger partial charge in [0.1, 0.15) is 23.0 Å². The number of aromatic nitrogens is 2. The SMILES string of the molecule is Cc1cc(C)c(-c2ccc3c(c2)B2c4ccccc4Oc4ccc5c6cc7c8ccc9c%10c8n(c7cc6n-3c5c42)-c2ccc(-c3c(C)cc(C)cc3C)cc2B%10c2ccccc2O9)c(C)c1. The Kier molecular flexibility index (Phi) is 6.97. The van der Waals surface area contributed by atoms with Gasteiger partial charge in [-0.25, -0.2) is 0 Å². The molecule has 11 aromatic rings. The number of nitrogens with zero attached hydrogens (tertiary/aromatic N) is 2. The molecule has 0 atom stereocenters. The molecular weight excluding hydrogens is 802 g/mol. The average Bonchev–Trinajstić information content (AvgIpc) is 3.81. The molecule has 0 aliphatic carbocycles. The van der Waals surface area contributed by atoms with Gasteiger partial charge >= 0.3 is 0 Å². The van der Waals surface area contributed by atoms with Gasteiger partial charge in [-0.3, -0.25) is 0 Å². The molecule has 6 heterocycles. The van der Waals surface area contributed by atoms with Crippen LogP contribution in [-0.2, 0) is 0 Å². The highest BCUT2D eigenvalue weighted by atomic mass is 16.5. The van der Waals surface area contributed by atoms with Crippen molar-refractivity contribution in [3.63, 3.8) is 0 Å². The Hall–Kier alpha value is -7.69. The molecule has 0 N–H and O–H groups in total. The second-order valence-electron chi connectivity index (χ2n) is 19.5. The fraction of sp³-hybridized carbons (Fsp3) is 0.100. The Morgan fingerprint density at radius 3 is 1.23 bits per heavy atom. The first-order valence-electron chi connectivity index (χ1n) is 23.3. The number of benzene rings is 9. The smallest absolute Gasteiger partial charge is 0.256 e. The minimum atomic E-state index is 0.0225. The largest absolute Gasteiger partial charge is 0.458 e. The molecule has 15 rings (SSSR count). The van der Waals surface area contributed by atoms with Gasteiger partial charge in [0, 0.05) is 32.9 Å². The highest BCUT2D eigenvalue weighted by molar-refractivity contribution is 7.00. The lowest BCUT2D eigenvalue weighted by Crippen LogP contribution is -2.58. The van der Waals surface area contributed by atoms with Crippen LogP contribution in [0.3, 0.4) is 0 Å². The quantitative estimate of drug-likeness (QED) is 0.162. The van der Waals surface area contributed by atoms with Crippen molar-refractivity contribution in [1.29, 1.82) is 0 Å². The predicted octanol–water partition coefficient (Wildman–Crippen LogP) is 10.9. The van der Waals surface area contributed by atoms with Crippen molar-refractivity contribution < 1.29 is 9.47 Å². The molecule has 0 saturated heterocycles. The lowest BCUT2D eigenvalue weighted by atomic mass is 9.34. The summed E-state index contributed by atoms with van der Waals surface area (Å²) in [6.45, 7) is 13.4. The maximum atomic E-state index is 6.83. The highest BCUT2D eigenvalue weighted by Crippen LogP contribution is 2.45. The maximum absolute atomic E-state index is 6.83. The van der Waals surface area contributed by atoms with E-state index in [9.17, 15) is 0 Å². The van der Waals surface area contributed by atoms with E-state index in [4.69, 9.17) is 9.47 Å². The molecule has 0 spiro atoms. The Morgan fingerprint density at radius 2 is 0.788 bits per heavy atom. The summed E-state index contributed by atoms with van der Waals surface area (Å²) in [5.41, 5.74) is 27.7. The zero-order valence-electron chi connectivity index (χ0n) is 37.7. The van der Waals surface area contributed by atoms with Crippen molar-refractivity contribution >= 4 is 89.8 Å². The fourth-order valence-electron chi connectivity index (χ4n) is 13.3. The van der Waals surface area contributed by atoms with Gasteiger partial charge in [0.25, 0.3) is 13.4 Å². The summed E-state index contributed by atoms with van der Waals surface area (Å²) in [7, 11) is 0. The van der Waals surface area contributed by atoms with Gasteiger partial charge in [-0.1, -0.05) is 96.1 Å². The maximum Gasteiger partial charge on any atom is 0.256 e. The number of hydrogen-bond acceptors (Lipinski definition) is 2. The summed E-state index contributed by atoms with van der Waals surface area (Å²) in [5.74, 6) is 3.73. The fourth-order valence-corrected chi connectivity index (χ4v) is 13.3. The molecule has 0 fully saturated rings. The summed E-state index contributed by atoms with van der Waals surface area (Å²) < 4.78 is 18.8. The first-order chi connectivity index (χ1) is 32.2. The van der Waals surface area contributed by atoms with E-state index in [1.54, 1.807) is 0 Å². The van der Waals surface area contributed by atoms with Crippen LogP contribution in [0, 0.1) is 41.5 Å². The first-order valence-corrected chi connectivity index (χ1v) is 23.3. The normalized spacial score (nSPS) is 13.5. The topological polar surface area (TPSA) is 28.3 Å². The molecule has 9 aromatic carbocycles. The number of ether oxygens (including phenoxy) is 2. The molecule has 0 radical (unpaired) electrons. The van der Waals surface area contributed by atoms with Gasteiger partial charge < -0.3 is 18.6 Å². The Morgan fingerprint density at radius 1 is 0.364 bits per heavy atom. The van der Waals surface area contributed by atoms with Gasteiger partial charge in [0.15, 0.2) is 0 Å². The van der Waals surface area contributed by atoms with Crippen LogP contribution >= 0.6 is 0 Å². The van der Waals surface area contributed by atoms with Crippen LogP contribution in [-0.4, -0.2) is 22.6 Å². The number of rotatable bonds is 2. The van der Waals surface area contributed by atoms with Crippen molar-refractivity contribution in [3.8, 4) is 56.6 Å². The third-order valence-electron chi connectivity index (χ3n) is 15.5. The molecule has 0 unspecified atom stereocenters. The highest BCUT2D eigenvalue weighted by Gasteiger charge is 2.43. The van der Waals surface area contributed by atoms with Crippen molar-refractivity contribution in [1.82, 2.24) is 9.13 Å². The third-order valence-corrected chi connectivity index (χ3v) is 15.5. The molecule has 4 aliphatic heterocycles. The molecule has 310 valence electrons. The van der Waals surface area contributed by atoms with Gasteiger partial charge in [0.2, 0.25) is 0 Å². The molecule has 0 saturated carbocycles. The zero-order valence-corrected chi connectivity index (χ0v) is 37.7. The van der Waals surface area contributed by atoms with E-state index in [2.05, 4.69) is 196 Å². The molecule has 0 bridgehead atoms. The Labute approximate surface area is 383 Å². The minimum absolute atomic E-state index is 0.0225. The molecule has 0 amide bonds. The van der Waals surface area contributed by atoms with Gasteiger partial charge in [0.05, 0.1) is 22.1 Å². The minimum Gasteiger partial charge on any atom is -0.458 e. The van der Waals surface area contributed by atoms with Gasteiger partial charge in [-0.2, -0.15) is 0 Å². The van der Waals surface area contributed by atoms with Crippen LogP contribution in [0.15, 0.2) is 146 Å². The van der Waals surface area contributed by atoms with Crippen molar-refractivity contribution in [2.24, 2.45) is 0 Å². The zero-order chi connectivity index (χ0) is 44.0. The average molecular weight is 845 g/mol. The monoisotopic (exact) mass is 844 g/mol. The van der Waals surface area contributed by atoms with Crippen molar-refractivity contribution in [3.05, 3.63) is 179 Å². The summed E-state index contributed by atoms with van der Waals surface area (Å²) in [6, 6.07) is 55.0. The van der Waals surface area contributed by atoms with Crippen LogP contribution < -0.4 is 42.3 Å². The predicted molar refractivity (Wildman–Crippen MR) is 277 cm³/mol. The van der Waals surface area contributed by atoms with Gasteiger partial charge in [-0.15, -0.1) is 0 Å². The van der Waals surface area contributed by atoms with E-state index in [0.717, 1.165) is 23.0 Å². The molecular formula is C60H42B2N2O2. The van der Waals surface area contributed by atoms with Crippen LogP contribution in [0.1, 0.15) is 33.4 Å². The lowest BCUT2D eigenvalue weighted by molar-refractivity contribution is 0.487. The van der Waals surface area contributed by atoms with E-state index in [0.29, 0.717) is 0 Å². The lowest BCUT2D eigenvalue weighted by Gasteiger charge is -2.33. The number of aryl methyl sites for hydroxylation is 6. The van der Waals surface area contributed by atoms with E-state index >= 15 is 0 Å². The summed E-state index contributed by atoms with van der Waals surface area (Å²) in [5, 5.41) is 4.98. The molecule has 4 aliphatic rings. The molecule has 66 heavy (non-hydrogen) atoms. The van der Waals surface area contributed by atoms with Crippen LogP contribution in [0.5, 0.6) is 23.0 Å². The van der Waals surface area contributed by atoms with Crippen molar-refractivity contribution in [2.45, 2.75) is 41.5 Å². The first kappa shape index (κ1) is 36.6. The Balaban J connectivity index is 1.05. The Bertz CT molecular complexity index is 3790. The number of para-hydroxylation sites is 2. The third kappa shape index (κ3) is 4.56. The van der Waals surface area contributed by atoms with E-state index in [-0.39, 0.29) is 13.4 Å². The second-order valence-corrected chi connectivity index (χ2v) is 19.5. The van der Waals surface area contributed by atoms with Crippen LogP contribution in [0.25, 0.3) is 77.2 Å². The summed E-state index contributed by atoms with van der Waals surface area (Å²) in [4.78, 5) is 0. The standard InChI is InChI=1S/C60H42B2N2O2/c1-31-23-33(3)55(34(4)24-31)37-15-19-47-45(27-37)61-43-11-7-9-13-51(43)65-53-21-17-39-41-29-42-40-18-22-54-58-60(40)64(50(42)30-49(41)63(47)59(39)57(53)61)48-20-16-38(56-35(5)25-32(2)26-36(56)6)28-46(48)62(58)44-12-8-10-14-52(44)66-54/h7-30H,1-6H3.